The molecule has 8 nitrogen and oxygen atoms in total. The van der Waals surface area contributed by atoms with Crippen LogP contribution >= 0.6 is 0 Å². The second kappa shape index (κ2) is 7.34. The molecule has 10 heteroatoms. The van der Waals surface area contributed by atoms with Crippen molar-refractivity contribution in [2.75, 3.05) is 0 Å². The predicted octanol–water partition coefficient (Wildman–Crippen LogP) is 2.71. The lowest BCUT2D eigenvalue weighted by Crippen LogP contribution is -2.25. The van der Waals surface area contributed by atoms with Crippen molar-refractivity contribution in [1.29, 1.82) is 0 Å². The number of hydrogen-bond acceptors (Lipinski definition) is 5. The summed E-state index contributed by atoms with van der Waals surface area (Å²) >= 11 is 0. The Morgan fingerprint density at radius 1 is 1.09 bits per heavy atom. The zero-order chi connectivity index (χ0) is 22.4. The molecule has 32 heavy (non-hydrogen) atoms. The van der Waals surface area contributed by atoms with Crippen LogP contribution in [0.3, 0.4) is 0 Å². The van der Waals surface area contributed by atoms with E-state index >= 15 is 0 Å². The molecular formula is C22H14F2N6O2. The third-order valence-electron chi connectivity index (χ3n) is 5.10. The van der Waals surface area contributed by atoms with Gasteiger partial charge in [0.2, 0.25) is 5.52 Å². The van der Waals surface area contributed by atoms with Crippen LogP contribution in [0.25, 0.3) is 33.3 Å². The Labute approximate surface area is 179 Å². The lowest BCUT2D eigenvalue weighted by atomic mass is 10.1. The number of benzene rings is 2. The summed E-state index contributed by atoms with van der Waals surface area (Å²) in [6, 6.07) is 14.1. The molecule has 158 valence electrons. The first-order valence-electron chi connectivity index (χ1n) is 9.51. The van der Waals surface area contributed by atoms with E-state index in [9.17, 15) is 18.8 Å². The summed E-state index contributed by atoms with van der Waals surface area (Å²) in [6.07, 6.45) is 1.43. The number of halogens is 2. The highest BCUT2D eigenvalue weighted by atomic mass is 19.1. The van der Waals surface area contributed by atoms with Gasteiger partial charge in [0, 0.05) is 23.1 Å². The van der Waals surface area contributed by atoms with Crippen molar-refractivity contribution in [3.05, 3.63) is 88.8 Å². The maximum Gasteiger partial charge on any atom is 0.254 e. The van der Waals surface area contributed by atoms with Gasteiger partial charge in [-0.2, -0.15) is 4.73 Å². The number of hydrogen-bond donors (Lipinski definition) is 1. The second-order valence-electron chi connectivity index (χ2n) is 7.19. The molecule has 2 aromatic carbocycles. The third kappa shape index (κ3) is 3.27. The highest BCUT2D eigenvalue weighted by molar-refractivity contribution is 5.94. The number of pyridine rings is 2. The fraction of sp³-hybridized carbons (Fsp3) is 0.0455. The summed E-state index contributed by atoms with van der Waals surface area (Å²) in [6.45, 7) is 0.319. The molecule has 0 radical (unpaired) electrons. The number of amides is 1. The first-order chi connectivity index (χ1) is 15.4. The molecule has 0 aliphatic carbocycles. The van der Waals surface area contributed by atoms with Gasteiger partial charge in [0.05, 0.1) is 12.2 Å². The fourth-order valence-electron chi connectivity index (χ4n) is 3.59. The van der Waals surface area contributed by atoms with Crippen LogP contribution in [0.5, 0.6) is 0 Å². The lowest BCUT2D eigenvalue weighted by molar-refractivity contribution is -0.577. The highest BCUT2D eigenvalue weighted by Crippen LogP contribution is 2.25. The van der Waals surface area contributed by atoms with Crippen molar-refractivity contribution in [2.45, 2.75) is 6.54 Å². The summed E-state index contributed by atoms with van der Waals surface area (Å²) in [5.74, 6) is -3.31. The Balaban J connectivity index is 1.54. The Morgan fingerprint density at radius 3 is 2.62 bits per heavy atom. The molecule has 0 unspecified atom stereocenters. The molecule has 0 saturated carbocycles. The summed E-state index contributed by atoms with van der Waals surface area (Å²) < 4.78 is 30.7. The van der Waals surface area contributed by atoms with E-state index in [0.717, 1.165) is 27.8 Å². The van der Waals surface area contributed by atoms with Crippen LogP contribution in [0.4, 0.5) is 8.78 Å². The van der Waals surface area contributed by atoms with E-state index in [1.807, 2.05) is 12.1 Å². The van der Waals surface area contributed by atoms with Crippen molar-refractivity contribution in [1.82, 2.24) is 20.0 Å². The van der Waals surface area contributed by atoms with E-state index in [1.165, 1.54) is 6.20 Å². The van der Waals surface area contributed by atoms with Crippen LogP contribution in [-0.2, 0) is 6.54 Å². The quantitative estimate of drug-likeness (QED) is 0.347. The van der Waals surface area contributed by atoms with Crippen LogP contribution < -0.4 is 10.5 Å². The number of rotatable bonds is 4. The van der Waals surface area contributed by atoms with Crippen LogP contribution in [0.15, 0.2) is 60.8 Å². The number of carbonyl (C=O) groups is 1. The van der Waals surface area contributed by atoms with Crippen LogP contribution in [0.2, 0.25) is 0 Å². The van der Waals surface area contributed by atoms with E-state index in [0.29, 0.717) is 23.2 Å². The molecule has 0 aliphatic heterocycles. The van der Waals surface area contributed by atoms with Crippen LogP contribution in [0.1, 0.15) is 15.9 Å². The number of primary amides is 1. The molecule has 5 rings (SSSR count). The second-order valence-corrected chi connectivity index (χ2v) is 7.19. The Morgan fingerprint density at radius 2 is 1.88 bits per heavy atom. The van der Waals surface area contributed by atoms with E-state index in [-0.39, 0.29) is 11.3 Å². The maximum atomic E-state index is 14.2. The minimum atomic E-state index is -1.19. The number of aromatic nitrogens is 5. The van der Waals surface area contributed by atoms with Gasteiger partial charge in [-0.05, 0) is 42.0 Å². The maximum absolute atomic E-state index is 14.2. The number of fused-ring (bicyclic) bond motifs is 2. The van der Waals surface area contributed by atoms with Gasteiger partial charge >= 0.3 is 0 Å². The molecule has 0 bridgehead atoms. The van der Waals surface area contributed by atoms with E-state index < -0.39 is 23.1 Å². The highest BCUT2D eigenvalue weighted by Gasteiger charge is 2.18. The van der Waals surface area contributed by atoms with Gasteiger partial charge in [-0.25, -0.2) is 18.4 Å². The van der Waals surface area contributed by atoms with Gasteiger partial charge < -0.3 is 10.9 Å². The zero-order valence-electron chi connectivity index (χ0n) is 16.4. The standard InChI is InChI=1S/C22H14F2N6O2/c23-15-9-14(10-16(24)20(15)21(25)31)17-4-5-18-22(26-17)29(28-27-18)11-12-3-6-19-13(8-12)2-1-7-30(19)32/h1-10H,11H2,(H2,25,31). The van der Waals surface area contributed by atoms with Gasteiger partial charge in [-0.1, -0.05) is 11.3 Å². The topological polar surface area (TPSA) is 114 Å². The van der Waals surface area contributed by atoms with Crippen molar-refractivity contribution < 1.29 is 18.3 Å². The monoisotopic (exact) mass is 432 g/mol. The average molecular weight is 432 g/mol. The van der Waals surface area contributed by atoms with Crippen molar-refractivity contribution in [3.8, 4) is 11.3 Å². The molecule has 5 aromatic rings. The summed E-state index contributed by atoms with van der Waals surface area (Å²) in [5, 5.41) is 20.8. The molecule has 3 heterocycles. The smallest absolute Gasteiger partial charge is 0.254 e. The van der Waals surface area contributed by atoms with Gasteiger partial charge in [-0.3, -0.25) is 4.79 Å². The molecule has 0 atom stereocenters. The molecule has 0 fully saturated rings. The van der Waals surface area contributed by atoms with E-state index in [4.69, 9.17) is 5.73 Å². The summed E-state index contributed by atoms with van der Waals surface area (Å²) in [5.41, 5.74) is 6.98. The summed E-state index contributed by atoms with van der Waals surface area (Å²) in [4.78, 5) is 15.7. The Kier molecular flexibility index (Phi) is 4.47. The lowest BCUT2D eigenvalue weighted by Gasteiger charge is -2.07. The molecule has 0 spiro atoms. The predicted molar refractivity (Wildman–Crippen MR) is 111 cm³/mol. The van der Waals surface area contributed by atoms with Gasteiger partial charge in [0.15, 0.2) is 11.8 Å². The van der Waals surface area contributed by atoms with E-state index in [2.05, 4.69) is 15.3 Å². The minimum Gasteiger partial charge on any atom is -0.618 e. The normalized spacial score (nSPS) is 11.3. The van der Waals surface area contributed by atoms with Crippen molar-refractivity contribution in [2.24, 2.45) is 5.73 Å². The first-order valence-corrected chi connectivity index (χ1v) is 9.51. The zero-order valence-corrected chi connectivity index (χ0v) is 16.4. The number of nitrogens with zero attached hydrogens (tertiary/aromatic N) is 5. The van der Waals surface area contributed by atoms with E-state index in [1.54, 1.807) is 35.0 Å². The molecule has 1 amide bonds. The van der Waals surface area contributed by atoms with Crippen LogP contribution in [-0.4, -0.2) is 25.9 Å². The molecular weight excluding hydrogens is 418 g/mol. The number of nitrogens with two attached hydrogens (primary N) is 1. The van der Waals surface area contributed by atoms with Gasteiger partial charge in [0.1, 0.15) is 22.7 Å². The molecule has 2 N–H and O–H groups in total. The molecule has 3 aromatic heterocycles. The third-order valence-corrected chi connectivity index (χ3v) is 5.10. The van der Waals surface area contributed by atoms with Crippen molar-refractivity contribution >= 4 is 28.0 Å². The molecule has 0 saturated heterocycles. The number of carbonyl (C=O) groups excluding carboxylic acids is 1. The SMILES string of the molecule is NC(=O)c1c(F)cc(-c2ccc3nnn(Cc4ccc5c(ccc[n+]5[O-])c4)c3n2)cc1F. The first kappa shape index (κ1) is 19.5. The van der Waals surface area contributed by atoms with Crippen LogP contribution in [0, 0.1) is 16.8 Å². The Hall–Kier alpha value is -4.47. The Bertz CT molecular complexity index is 1510. The van der Waals surface area contributed by atoms with Gasteiger partial charge in [0.25, 0.3) is 5.91 Å². The van der Waals surface area contributed by atoms with Crippen molar-refractivity contribution in [3.63, 3.8) is 0 Å². The fourth-order valence-corrected chi connectivity index (χ4v) is 3.59. The largest absolute Gasteiger partial charge is 0.618 e. The van der Waals surface area contributed by atoms with Gasteiger partial charge in [-0.15, -0.1) is 5.10 Å². The minimum absolute atomic E-state index is 0.144. The molecule has 0 aliphatic rings. The summed E-state index contributed by atoms with van der Waals surface area (Å²) in [7, 11) is 0. The average Bonchev–Trinajstić information content (AvgIpc) is 3.15.